The molecule has 2 N–H and O–H groups in total. The second kappa shape index (κ2) is 5.11. The third-order valence-corrected chi connectivity index (χ3v) is 4.12. The van der Waals surface area contributed by atoms with Crippen molar-refractivity contribution in [3.8, 4) is 17.1 Å². The molecular weight excluding hydrogens is 254 g/mol. The predicted molar refractivity (Wildman–Crippen MR) is 76.3 cm³/mol. The zero-order chi connectivity index (χ0) is 14.1. The summed E-state index contributed by atoms with van der Waals surface area (Å²) < 4.78 is 7.18. The molecule has 20 heavy (non-hydrogen) atoms. The van der Waals surface area contributed by atoms with Crippen LogP contribution >= 0.6 is 0 Å². The number of tetrazole rings is 1. The lowest BCUT2D eigenvalue weighted by Crippen LogP contribution is -2.15. The van der Waals surface area contributed by atoms with Crippen molar-refractivity contribution in [3.05, 3.63) is 18.2 Å². The molecule has 0 amide bonds. The molecule has 3 rings (SSSR count). The monoisotopic (exact) mass is 273 g/mol. The molecule has 106 valence electrons. The van der Waals surface area contributed by atoms with Crippen LogP contribution in [0.2, 0.25) is 0 Å². The molecule has 6 nitrogen and oxygen atoms in total. The van der Waals surface area contributed by atoms with Gasteiger partial charge in [-0.2, -0.15) is 0 Å². The molecule has 2 atom stereocenters. The van der Waals surface area contributed by atoms with E-state index < -0.39 is 0 Å². The second-order valence-corrected chi connectivity index (χ2v) is 5.38. The Morgan fingerprint density at radius 3 is 2.90 bits per heavy atom. The molecule has 2 aromatic rings. The van der Waals surface area contributed by atoms with Gasteiger partial charge in [-0.15, -0.1) is 5.10 Å². The van der Waals surface area contributed by atoms with Crippen molar-refractivity contribution in [3.63, 3.8) is 0 Å². The minimum absolute atomic E-state index is 0.352. The molecule has 1 aliphatic carbocycles. The third kappa shape index (κ3) is 2.11. The maximum Gasteiger partial charge on any atom is 0.184 e. The smallest absolute Gasteiger partial charge is 0.184 e. The van der Waals surface area contributed by atoms with E-state index in [1.165, 1.54) is 12.8 Å². The first kappa shape index (κ1) is 12.9. The summed E-state index contributed by atoms with van der Waals surface area (Å²) in [4.78, 5) is 0. The number of rotatable bonds is 3. The minimum Gasteiger partial charge on any atom is -0.497 e. The van der Waals surface area contributed by atoms with Gasteiger partial charge in [-0.1, -0.05) is 13.3 Å². The number of nitrogen functional groups attached to an aromatic ring is 1. The highest BCUT2D eigenvalue weighted by Crippen LogP contribution is 2.38. The fourth-order valence-corrected chi connectivity index (χ4v) is 2.94. The number of nitrogens with two attached hydrogens (primary N) is 1. The van der Waals surface area contributed by atoms with Gasteiger partial charge in [0.25, 0.3) is 0 Å². The van der Waals surface area contributed by atoms with Gasteiger partial charge in [-0.3, -0.25) is 0 Å². The number of hydrogen-bond donors (Lipinski definition) is 1. The lowest BCUT2D eigenvalue weighted by atomic mass is 10.1. The highest BCUT2D eigenvalue weighted by atomic mass is 16.5. The number of ether oxygens (including phenoxy) is 1. The summed E-state index contributed by atoms with van der Waals surface area (Å²) in [6, 6.07) is 5.90. The summed E-state index contributed by atoms with van der Waals surface area (Å²) in [5.41, 5.74) is 7.56. The lowest BCUT2D eigenvalue weighted by molar-refractivity contribution is 0.370. The SMILES string of the molecule is COc1ccc(N)c(-c2nnnn2C2CCCC2C)c1. The van der Waals surface area contributed by atoms with Gasteiger partial charge in [-0.25, -0.2) is 4.68 Å². The van der Waals surface area contributed by atoms with E-state index in [1.54, 1.807) is 7.11 Å². The summed E-state index contributed by atoms with van der Waals surface area (Å²) >= 11 is 0. The van der Waals surface area contributed by atoms with Crippen LogP contribution in [0.15, 0.2) is 18.2 Å². The fraction of sp³-hybridized carbons (Fsp3) is 0.500. The van der Waals surface area contributed by atoms with E-state index in [0.717, 1.165) is 23.6 Å². The van der Waals surface area contributed by atoms with E-state index in [4.69, 9.17) is 10.5 Å². The summed E-state index contributed by atoms with van der Waals surface area (Å²) in [7, 11) is 1.64. The Morgan fingerprint density at radius 1 is 1.35 bits per heavy atom. The van der Waals surface area contributed by atoms with Crippen molar-refractivity contribution < 1.29 is 4.74 Å². The van der Waals surface area contributed by atoms with Crippen LogP contribution in [-0.4, -0.2) is 27.3 Å². The van der Waals surface area contributed by atoms with Gasteiger partial charge in [-0.05, 0) is 47.4 Å². The molecule has 2 unspecified atom stereocenters. The maximum atomic E-state index is 6.07. The Bertz CT molecular complexity index is 609. The van der Waals surface area contributed by atoms with E-state index in [0.29, 0.717) is 17.6 Å². The number of benzene rings is 1. The van der Waals surface area contributed by atoms with Crippen LogP contribution in [0.4, 0.5) is 5.69 Å². The van der Waals surface area contributed by atoms with Crippen molar-refractivity contribution in [1.29, 1.82) is 0 Å². The van der Waals surface area contributed by atoms with E-state index in [9.17, 15) is 0 Å². The zero-order valence-electron chi connectivity index (χ0n) is 11.8. The van der Waals surface area contributed by atoms with Gasteiger partial charge >= 0.3 is 0 Å². The highest BCUT2D eigenvalue weighted by Gasteiger charge is 2.29. The fourth-order valence-electron chi connectivity index (χ4n) is 2.94. The Hall–Kier alpha value is -2.11. The van der Waals surface area contributed by atoms with Crippen LogP contribution in [0.3, 0.4) is 0 Å². The molecule has 1 saturated carbocycles. The van der Waals surface area contributed by atoms with E-state index >= 15 is 0 Å². The number of methoxy groups -OCH3 is 1. The number of hydrogen-bond acceptors (Lipinski definition) is 5. The van der Waals surface area contributed by atoms with Crippen LogP contribution in [0.5, 0.6) is 5.75 Å². The molecule has 0 aliphatic heterocycles. The topological polar surface area (TPSA) is 78.8 Å². The molecule has 6 heteroatoms. The molecular formula is C14H19N5O. The zero-order valence-corrected chi connectivity index (χ0v) is 11.8. The molecule has 0 radical (unpaired) electrons. The molecule has 0 saturated heterocycles. The average molecular weight is 273 g/mol. The van der Waals surface area contributed by atoms with Crippen LogP contribution in [0.25, 0.3) is 11.4 Å². The van der Waals surface area contributed by atoms with Gasteiger partial charge in [0, 0.05) is 11.3 Å². The molecule has 1 aromatic carbocycles. The Kier molecular flexibility index (Phi) is 3.30. The van der Waals surface area contributed by atoms with E-state index in [1.807, 2.05) is 22.9 Å². The number of nitrogens with zero attached hydrogens (tertiary/aromatic N) is 4. The third-order valence-electron chi connectivity index (χ3n) is 4.12. The summed E-state index contributed by atoms with van der Waals surface area (Å²) in [5, 5.41) is 12.2. The number of aromatic nitrogens is 4. The van der Waals surface area contributed by atoms with Gasteiger partial charge in [0.1, 0.15) is 5.75 Å². The standard InChI is InChI=1S/C14H19N5O/c1-9-4-3-5-13(9)19-14(16-17-18-19)11-8-10(20-2)6-7-12(11)15/h6-9,13H,3-5,15H2,1-2H3. The highest BCUT2D eigenvalue weighted by molar-refractivity contribution is 5.73. The molecule has 0 spiro atoms. The van der Waals surface area contributed by atoms with Crippen molar-refractivity contribution >= 4 is 5.69 Å². The van der Waals surface area contributed by atoms with Crippen molar-refractivity contribution in [2.75, 3.05) is 12.8 Å². The van der Waals surface area contributed by atoms with Crippen molar-refractivity contribution in [2.24, 2.45) is 5.92 Å². The average Bonchev–Trinajstić information content (AvgIpc) is 3.07. The Balaban J connectivity index is 2.05. The van der Waals surface area contributed by atoms with E-state index in [-0.39, 0.29) is 0 Å². The number of anilines is 1. The first-order valence-corrected chi connectivity index (χ1v) is 6.92. The lowest BCUT2D eigenvalue weighted by Gasteiger charge is -2.17. The molecule has 1 aromatic heterocycles. The van der Waals surface area contributed by atoms with Gasteiger partial charge in [0.05, 0.1) is 13.2 Å². The molecule has 0 bridgehead atoms. The summed E-state index contributed by atoms with van der Waals surface area (Å²) in [6.45, 7) is 2.25. The van der Waals surface area contributed by atoms with Crippen molar-refractivity contribution in [2.45, 2.75) is 32.2 Å². The Labute approximate surface area is 117 Å². The Morgan fingerprint density at radius 2 is 2.20 bits per heavy atom. The maximum absolute atomic E-state index is 6.07. The van der Waals surface area contributed by atoms with Crippen molar-refractivity contribution in [1.82, 2.24) is 20.2 Å². The van der Waals surface area contributed by atoms with Crippen LogP contribution in [0, 0.1) is 5.92 Å². The van der Waals surface area contributed by atoms with Gasteiger partial charge in [0.2, 0.25) is 0 Å². The van der Waals surface area contributed by atoms with Gasteiger partial charge < -0.3 is 10.5 Å². The van der Waals surface area contributed by atoms with Crippen LogP contribution in [-0.2, 0) is 0 Å². The second-order valence-electron chi connectivity index (χ2n) is 5.38. The van der Waals surface area contributed by atoms with Crippen LogP contribution < -0.4 is 10.5 Å². The normalized spacial score (nSPS) is 22.1. The minimum atomic E-state index is 0.352. The largest absolute Gasteiger partial charge is 0.497 e. The van der Waals surface area contributed by atoms with Gasteiger partial charge in [0.15, 0.2) is 5.82 Å². The molecule has 1 aliphatic rings. The summed E-state index contributed by atoms with van der Waals surface area (Å²) in [6.07, 6.45) is 3.55. The first-order chi connectivity index (χ1) is 9.70. The summed E-state index contributed by atoms with van der Waals surface area (Å²) in [5.74, 6) is 2.06. The van der Waals surface area contributed by atoms with Crippen LogP contribution in [0.1, 0.15) is 32.2 Å². The van der Waals surface area contributed by atoms with E-state index in [2.05, 4.69) is 22.4 Å². The quantitative estimate of drug-likeness (QED) is 0.868. The molecule has 1 fully saturated rings. The first-order valence-electron chi connectivity index (χ1n) is 6.92. The molecule has 1 heterocycles. The predicted octanol–water partition coefficient (Wildman–Crippen LogP) is 2.29.